The van der Waals surface area contributed by atoms with Crippen molar-refractivity contribution in [2.45, 2.75) is 26.3 Å². The van der Waals surface area contributed by atoms with Crippen LogP contribution in [0.2, 0.25) is 0 Å². The van der Waals surface area contributed by atoms with Gasteiger partial charge in [0.2, 0.25) is 0 Å². The van der Waals surface area contributed by atoms with Gasteiger partial charge in [0.05, 0.1) is 18.4 Å². The largest absolute Gasteiger partial charge is 0.494 e. The summed E-state index contributed by atoms with van der Waals surface area (Å²) in [5, 5.41) is 5.98. The fourth-order valence-corrected chi connectivity index (χ4v) is 2.40. The monoisotopic (exact) mass is 345 g/mol. The summed E-state index contributed by atoms with van der Waals surface area (Å²) in [6.07, 6.45) is 0.814. The lowest BCUT2D eigenvalue weighted by atomic mass is 10.1. The first-order chi connectivity index (χ1) is 11.8. The van der Waals surface area contributed by atoms with Crippen molar-refractivity contribution in [3.8, 4) is 5.75 Å². The van der Waals surface area contributed by atoms with Crippen molar-refractivity contribution >= 4 is 23.0 Å². The van der Waals surface area contributed by atoms with Crippen molar-refractivity contribution in [3.63, 3.8) is 0 Å². The first kappa shape index (κ1) is 18.5. The maximum absolute atomic E-state index is 12.3. The highest BCUT2D eigenvalue weighted by Gasteiger charge is 2.24. The molecule has 0 fully saturated rings. The molecule has 134 valence electrons. The second-order valence-corrected chi connectivity index (χ2v) is 6.07. The second-order valence-electron chi connectivity index (χ2n) is 6.07. The Morgan fingerprint density at radius 3 is 2.40 bits per heavy atom. The van der Waals surface area contributed by atoms with E-state index in [-0.39, 0.29) is 23.3 Å². The Hall–Kier alpha value is -2.83. The molecule has 2 N–H and O–H groups in total. The number of carbonyl (C=O) groups excluding carboxylic acids is 1. The highest BCUT2D eigenvalue weighted by molar-refractivity contribution is 5.99. The third-order valence-electron chi connectivity index (χ3n) is 4.03. The molecule has 0 heterocycles. The molecule has 2 aromatic carbocycles. The van der Waals surface area contributed by atoms with E-state index in [4.69, 9.17) is 4.74 Å². The van der Waals surface area contributed by atoms with E-state index in [2.05, 4.69) is 10.6 Å². The summed E-state index contributed by atoms with van der Waals surface area (Å²) in [5.41, 5.74) is 0.158. The molecule has 1 atom stereocenters. The van der Waals surface area contributed by atoms with Gasteiger partial charge in [0.1, 0.15) is 11.4 Å². The molecule has 0 saturated heterocycles. The Morgan fingerprint density at radius 1 is 1.20 bits per heavy atom. The molecular weight excluding hydrogens is 322 g/mol. The van der Waals surface area contributed by atoms with Crippen LogP contribution in [0.1, 0.15) is 30.6 Å². The van der Waals surface area contributed by atoms with Crippen molar-refractivity contribution in [2.75, 3.05) is 31.8 Å². The molecule has 0 spiro atoms. The van der Waals surface area contributed by atoms with Crippen LogP contribution in [0.15, 0.2) is 27.8 Å². The van der Waals surface area contributed by atoms with Crippen LogP contribution >= 0.6 is 0 Å². The highest BCUT2D eigenvalue weighted by atomic mass is 16.5. The summed E-state index contributed by atoms with van der Waals surface area (Å²) in [7, 11) is 4.74. The van der Waals surface area contributed by atoms with Crippen LogP contribution in [0.3, 0.4) is 0 Å². The van der Waals surface area contributed by atoms with Gasteiger partial charge in [-0.15, -0.1) is 0 Å². The van der Waals surface area contributed by atoms with Gasteiger partial charge in [-0.1, -0.05) is 13.0 Å². The van der Waals surface area contributed by atoms with Crippen molar-refractivity contribution in [1.82, 2.24) is 4.90 Å². The fourth-order valence-electron chi connectivity index (χ4n) is 2.40. The number of para-hydroxylation sites is 1. The number of carbonyl (C=O) groups is 1. The molecule has 1 amide bonds. The van der Waals surface area contributed by atoms with Crippen LogP contribution in [0, 0.1) is 0 Å². The molecule has 0 radical (unpaired) electrons. The van der Waals surface area contributed by atoms with Gasteiger partial charge in [0, 0.05) is 20.1 Å². The summed E-state index contributed by atoms with van der Waals surface area (Å²) in [5.74, 6) is 0.104. The Balaban J connectivity index is 2.41. The number of hydrogen-bond acceptors (Lipinski definition) is 6. The van der Waals surface area contributed by atoms with Gasteiger partial charge in [0.25, 0.3) is 16.8 Å². The van der Waals surface area contributed by atoms with Crippen LogP contribution in [-0.2, 0) is 0 Å². The highest BCUT2D eigenvalue weighted by Crippen LogP contribution is 2.33. The first-order valence-electron chi connectivity index (χ1n) is 8.07. The third kappa shape index (κ3) is 3.50. The van der Waals surface area contributed by atoms with Gasteiger partial charge < -0.3 is 20.3 Å². The maximum Gasteiger partial charge on any atom is 0.257 e. The fraction of sp³-hybridized carbons (Fsp3) is 0.389. The van der Waals surface area contributed by atoms with E-state index < -0.39 is 10.9 Å². The van der Waals surface area contributed by atoms with Crippen LogP contribution in [-0.4, -0.2) is 38.1 Å². The predicted octanol–water partition coefficient (Wildman–Crippen LogP) is 1.95. The molecular formula is C18H23N3O4. The van der Waals surface area contributed by atoms with E-state index >= 15 is 0 Å². The minimum Gasteiger partial charge on any atom is -0.494 e. The Bertz CT molecular complexity index is 851. The molecule has 7 heteroatoms. The molecule has 0 aromatic heterocycles. The molecule has 7 nitrogen and oxygen atoms in total. The molecule has 0 bridgehead atoms. The average Bonchev–Trinajstić information content (AvgIpc) is 2.62. The van der Waals surface area contributed by atoms with E-state index in [1.54, 1.807) is 32.3 Å². The molecule has 2 rings (SSSR count). The van der Waals surface area contributed by atoms with Gasteiger partial charge in [0.15, 0.2) is 5.75 Å². The molecule has 0 aliphatic heterocycles. The zero-order valence-corrected chi connectivity index (χ0v) is 15.1. The lowest BCUT2D eigenvalue weighted by molar-refractivity contribution is 0.0824. The number of hydrogen-bond donors (Lipinski definition) is 2. The number of anilines is 3. The number of ether oxygens (including phenoxy) is 1. The number of nitrogens with one attached hydrogen (secondary N) is 2. The minimum absolute atomic E-state index is 0.0624. The standard InChI is InChI=1S/C18H23N3O4/c1-6-10(2)19-13-14(16(23)15(13)22)20-12-9-7-8-11(17(12)25-5)18(24)21(3)4/h7-10,19-20H,6H2,1-5H3/t10-/m1/s1. The molecule has 0 aliphatic rings. The maximum atomic E-state index is 12.3. The second kappa shape index (κ2) is 7.38. The quantitative estimate of drug-likeness (QED) is 0.746. The molecule has 0 saturated carbocycles. The number of amides is 1. The Kier molecular flexibility index (Phi) is 5.46. The van der Waals surface area contributed by atoms with Crippen LogP contribution < -0.4 is 26.2 Å². The van der Waals surface area contributed by atoms with Crippen LogP contribution in [0.4, 0.5) is 17.1 Å². The normalized spacial score (nSPS) is 11.9. The summed E-state index contributed by atoms with van der Waals surface area (Å²) >= 11 is 0. The summed E-state index contributed by atoms with van der Waals surface area (Å²) in [6.45, 7) is 3.91. The van der Waals surface area contributed by atoms with Gasteiger partial charge in [-0.2, -0.15) is 0 Å². The van der Waals surface area contributed by atoms with Gasteiger partial charge in [-0.3, -0.25) is 14.4 Å². The predicted molar refractivity (Wildman–Crippen MR) is 99.0 cm³/mol. The molecule has 2 aromatic rings. The Morgan fingerprint density at radius 2 is 1.84 bits per heavy atom. The smallest absolute Gasteiger partial charge is 0.257 e. The van der Waals surface area contributed by atoms with Gasteiger partial charge >= 0.3 is 0 Å². The van der Waals surface area contributed by atoms with Crippen LogP contribution in [0.5, 0.6) is 5.75 Å². The third-order valence-corrected chi connectivity index (χ3v) is 4.03. The zero-order chi connectivity index (χ0) is 18.7. The number of methoxy groups -OCH3 is 1. The molecule has 0 aliphatic carbocycles. The lowest BCUT2D eigenvalue weighted by Crippen LogP contribution is -2.38. The SMILES string of the molecule is CC[C@@H](C)Nc1c(Nc2cccc(C(=O)N(C)C)c2OC)c(=O)c1=O. The van der Waals surface area contributed by atoms with Crippen LogP contribution in [0.25, 0.3) is 0 Å². The summed E-state index contributed by atoms with van der Waals surface area (Å²) < 4.78 is 5.37. The van der Waals surface area contributed by atoms with E-state index in [1.165, 1.54) is 12.0 Å². The van der Waals surface area contributed by atoms with Crippen molar-refractivity contribution in [2.24, 2.45) is 0 Å². The summed E-state index contributed by atoms with van der Waals surface area (Å²) in [4.78, 5) is 37.5. The van der Waals surface area contributed by atoms with E-state index in [9.17, 15) is 14.4 Å². The summed E-state index contributed by atoms with van der Waals surface area (Å²) in [6, 6.07) is 5.09. The van der Waals surface area contributed by atoms with Gasteiger partial charge in [-0.25, -0.2) is 0 Å². The zero-order valence-electron chi connectivity index (χ0n) is 15.1. The van der Waals surface area contributed by atoms with Crippen molar-refractivity contribution in [1.29, 1.82) is 0 Å². The van der Waals surface area contributed by atoms with Gasteiger partial charge in [-0.05, 0) is 25.5 Å². The minimum atomic E-state index is -0.586. The molecule has 0 unspecified atom stereocenters. The average molecular weight is 345 g/mol. The number of benzene rings is 1. The lowest BCUT2D eigenvalue weighted by Gasteiger charge is -2.20. The molecule has 25 heavy (non-hydrogen) atoms. The topological polar surface area (TPSA) is 87.7 Å². The number of nitrogens with zero attached hydrogens (tertiary/aromatic N) is 1. The Labute approximate surface area is 146 Å². The van der Waals surface area contributed by atoms with E-state index in [0.717, 1.165) is 6.42 Å². The van der Waals surface area contributed by atoms with Crippen molar-refractivity contribution < 1.29 is 9.53 Å². The van der Waals surface area contributed by atoms with E-state index in [1.807, 2.05) is 13.8 Å². The van der Waals surface area contributed by atoms with Crippen molar-refractivity contribution in [3.05, 3.63) is 44.2 Å². The number of rotatable bonds is 7. The first-order valence-corrected chi connectivity index (χ1v) is 8.07. The van der Waals surface area contributed by atoms with E-state index in [0.29, 0.717) is 17.0 Å².